The second-order valence-electron chi connectivity index (χ2n) is 6.33. The first-order chi connectivity index (χ1) is 8.05. The average molecular weight is 235 g/mol. The predicted molar refractivity (Wildman–Crippen MR) is 70.8 cm³/mol. The molecule has 0 aromatic carbocycles. The Hall–Kier alpha value is -0.830. The van der Waals surface area contributed by atoms with Crippen LogP contribution in [0.4, 0.5) is 0 Å². The molecular weight excluding hydrogens is 210 g/mol. The molecule has 3 nitrogen and oxygen atoms in total. The normalized spacial score (nSPS) is 28.2. The summed E-state index contributed by atoms with van der Waals surface area (Å²) in [5.41, 5.74) is 0.501. The molecule has 2 rings (SSSR count). The van der Waals surface area contributed by atoms with Crippen molar-refractivity contribution in [3.05, 3.63) is 18.5 Å². The Morgan fingerprint density at radius 3 is 2.88 bits per heavy atom. The summed E-state index contributed by atoms with van der Waals surface area (Å²) in [5.74, 6) is 0.848. The maximum atomic E-state index is 4.22. The Kier molecular flexibility index (Phi) is 3.87. The van der Waals surface area contributed by atoms with E-state index in [4.69, 9.17) is 0 Å². The van der Waals surface area contributed by atoms with Gasteiger partial charge in [0.15, 0.2) is 0 Å². The maximum Gasteiger partial charge on any atom is 0.0534 e. The summed E-state index contributed by atoms with van der Waals surface area (Å²) < 4.78 is 1.99. The Bertz CT molecular complexity index is 329. The van der Waals surface area contributed by atoms with E-state index in [1.807, 2.05) is 23.1 Å². The maximum absolute atomic E-state index is 4.22. The molecule has 1 aliphatic rings. The van der Waals surface area contributed by atoms with Gasteiger partial charge in [0.2, 0.25) is 0 Å². The van der Waals surface area contributed by atoms with Crippen LogP contribution < -0.4 is 5.32 Å². The van der Waals surface area contributed by atoms with Crippen molar-refractivity contribution in [3.63, 3.8) is 0 Å². The van der Waals surface area contributed by atoms with E-state index in [0.717, 1.165) is 19.0 Å². The summed E-state index contributed by atoms with van der Waals surface area (Å²) in [6.45, 7) is 9.16. The molecule has 1 saturated carbocycles. The van der Waals surface area contributed by atoms with E-state index < -0.39 is 0 Å². The number of aromatic nitrogens is 2. The fraction of sp³-hybridized carbons (Fsp3) is 0.786. The quantitative estimate of drug-likeness (QED) is 0.869. The molecule has 1 heterocycles. The molecule has 0 radical (unpaired) electrons. The lowest BCUT2D eigenvalue weighted by Crippen LogP contribution is -2.41. The van der Waals surface area contributed by atoms with Gasteiger partial charge in [-0.15, -0.1) is 0 Å². The Morgan fingerprint density at radius 1 is 1.41 bits per heavy atom. The van der Waals surface area contributed by atoms with Crippen molar-refractivity contribution in [2.45, 2.75) is 52.6 Å². The molecule has 0 spiro atoms. The zero-order valence-electron chi connectivity index (χ0n) is 11.3. The Balaban J connectivity index is 1.75. The number of nitrogens with one attached hydrogen (secondary N) is 1. The largest absolute Gasteiger partial charge is 0.312 e. The van der Waals surface area contributed by atoms with Crippen molar-refractivity contribution in [1.82, 2.24) is 15.1 Å². The highest BCUT2D eigenvalue weighted by Gasteiger charge is 2.31. The molecule has 96 valence electrons. The molecule has 0 amide bonds. The molecule has 1 aromatic heterocycles. The van der Waals surface area contributed by atoms with Crippen LogP contribution >= 0.6 is 0 Å². The summed E-state index contributed by atoms with van der Waals surface area (Å²) >= 11 is 0. The summed E-state index contributed by atoms with van der Waals surface area (Å²) in [6.07, 6.45) is 7.85. The zero-order valence-corrected chi connectivity index (χ0v) is 11.3. The third kappa shape index (κ3) is 3.84. The van der Waals surface area contributed by atoms with Gasteiger partial charge in [0.25, 0.3) is 0 Å². The Morgan fingerprint density at radius 2 is 2.24 bits per heavy atom. The Labute approximate surface area is 105 Å². The van der Waals surface area contributed by atoms with Gasteiger partial charge >= 0.3 is 0 Å². The van der Waals surface area contributed by atoms with Crippen LogP contribution in [-0.2, 0) is 6.54 Å². The van der Waals surface area contributed by atoms with Gasteiger partial charge in [0.1, 0.15) is 0 Å². The lowest BCUT2D eigenvalue weighted by Gasteiger charge is -2.39. The summed E-state index contributed by atoms with van der Waals surface area (Å²) in [5, 5.41) is 7.90. The second-order valence-corrected chi connectivity index (χ2v) is 6.33. The van der Waals surface area contributed by atoms with Gasteiger partial charge in [-0.1, -0.05) is 20.8 Å². The van der Waals surface area contributed by atoms with Crippen molar-refractivity contribution in [3.8, 4) is 0 Å². The van der Waals surface area contributed by atoms with Gasteiger partial charge < -0.3 is 5.32 Å². The van der Waals surface area contributed by atoms with E-state index in [9.17, 15) is 0 Å². The van der Waals surface area contributed by atoms with Crippen LogP contribution in [0.5, 0.6) is 0 Å². The van der Waals surface area contributed by atoms with Crippen LogP contribution in [0.25, 0.3) is 0 Å². The average Bonchev–Trinajstić information content (AvgIpc) is 2.67. The molecule has 0 saturated heterocycles. The van der Waals surface area contributed by atoms with Crippen LogP contribution in [0.3, 0.4) is 0 Å². The van der Waals surface area contributed by atoms with Crippen LogP contribution in [0.15, 0.2) is 18.5 Å². The van der Waals surface area contributed by atoms with E-state index in [1.165, 1.54) is 19.3 Å². The van der Waals surface area contributed by atoms with Gasteiger partial charge in [-0.3, -0.25) is 4.68 Å². The standard InChI is InChI=1S/C14H25N3/c1-12-9-13(11-14(2,3)10-12)15-6-8-17-7-4-5-16-17/h4-5,7,12-13,15H,6,8-11H2,1-3H3. The summed E-state index contributed by atoms with van der Waals surface area (Å²) in [6, 6.07) is 2.66. The van der Waals surface area contributed by atoms with Crippen molar-refractivity contribution < 1.29 is 0 Å². The molecule has 2 atom stereocenters. The minimum atomic E-state index is 0.501. The lowest BCUT2D eigenvalue weighted by atomic mass is 9.70. The third-order valence-corrected chi connectivity index (χ3v) is 3.72. The fourth-order valence-electron chi connectivity index (χ4n) is 3.32. The van der Waals surface area contributed by atoms with Gasteiger partial charge in [-0.05, 0) is 36.7 Å². The minimum Gasteiger partial charge on any atom is -0.312 e. The fourth-order valence-corrected chi connectivity index (χ4v) is 3.32. The van der Waals surface area contributed by atoms with Crippen molar-refractivity contribution in [2.24, 2.45) is 11.3 Å². The van der Waals surface area contributed by atoms with Gasteiger partial charge in [-0.25, -0.2) is 0 Å². The highest BCUT2D eigenvalue weighted by molar-refractivity contribution is 4.86. The number of rotatable bonds is 4. The van der Waals surface area contributed by atoms with Gasteiger partial charge in [0.05, 0.1) is 6.54 Å². The first-order valence-corrected chi connectivity index (χ1v) is 6.76. The molecule has 17 heavy (non-hydrogen) atoms. The molecule has 1 N–H and O–H groups in total. The zero-order chi connectivity index (χ0) is 12.3. The summed E-state index contributed by atoms with van der Waals surface area (Å²) in [4.78, 5) is 0. The molecule has 3 heteroatoms. The highest BCUT2D eigenvalue weighted by Crippen LogP contribution is 2.38. The first-order valence-electron chi connectivity index (χ1n) is 6.76. The lowest BCUT2D eigenvalue weighted by molar-refractivity contribution is 0.151. The SMILES string of the molecule is CC1CC(NCCn2cccn2)CC(C)(C)C1. The van der Waals surface area contributed by atoms with E-state index in [0.29, 0.717) is 11.5 Å². The van der Waals surface area contributed by atoms with Gasteiger partial charge in [0, 0.05) is 25.0 Å². The second kappa shape index (κ2) is 5.21. The number of hydrogen-bond acceptors (Lipinski definition) is 2. The van der Waals surface area contributed by atoms with E-state index in [-0.39, 0.29) is 0 Å². The van der Waals surface area contributed by atoms with Crippen molar-refractivity contribution in [2.75, 3.05) is 6.54 Å². The molecule has 1 aromatic rings. The van der Waals surface area contributed by atoms with Crippen LogP contribution in [0.2, 0.25) is 0 Å². The molecule has 0 aliphatic heterocycles. The molecule has 1 aliphatic carbocycles. The molecule has 2 unspecified atom stereocenters. The smallest absolute Gasteiger partial charge is 0.0534 e. The van der Waals surface area contributed by atoms with Crippen molar-refractivity contribution >= 4 is 0 Å². The predicted octanol–water partition coefficient (Wildman–Crippen LogP) is 2.69. The summed E-state index contributed by atoms with van der Waals surface area (Å²) in [7, 11) is 0. The molecule has 0 bridgehead atoms. The first kappa shape index (κ1) is 12.6. The van der Waals surface area contributed by atoms with Crippen LogP contribution in [-0.4, -0.2) is 22.4 Å². The monoisotopic (exact) mass is 235 g/mol. The topological polar surface area (TPSA) is 29.9 Å². The molecular formula is C14H25N3. The van der Waals surface area contributed by atoms with Crippen LogP contribution in [0, 0.1) is 11.3 Å². The van der Waals surface area contributed by atoms with Crippen LogP contribution in [0.1, 0.15) is 40.0 Å². The van der Waals surface area contributed by atoms with Crippen molar-refractivity contribution in [1.29, 1.82) is 0 Å². The minimum absolute atomic E-state index is 0.501. The number of hydrogen-bond donors (Lipinski definition) is 1. The van der Waals surface area contributed by atoms with E-state index in [1.54, 1.807) is 0 Å². The number of nitrogens with zero attached hydrogens (tertiary/aromatic N) is 2. The molecule has 1 fully saturated rings. The van der Waals surface area contributed by atoms with E-state index in [2.05, 4.69) is 31.2 Å². The highest BCUT2D eigenvalue weighted by atomic mass is 15.3. The van der Waals surface area contributed by atoms with E-state index >= 15 is 0 Å². The van der Waals surface area contributed by atoms with Gasteiger partial charge in [-0.2, -0.15) is 5.10 Å². The third-order valence-electron chi connectivity index (χ3n) is 3.72.